The summed E-state index contributed by atoms with van der Waals surface area (Å²) in [7, 11) is 0. The predicted octanol–water partition coefficient (Wildman–Crippen LogP) is 2.41. The maximum atomic E-state index is 12.3. The van der Waals surface area contributed by atoms with Gasteiger partial charge in [0.25, 0.3) is 5.56 Å². The van der Waals surface area contributed by atoms with E-state index in [0.717, 1.165) is 35.2 Å². The van der Waals surface area contributed by atoms with Gasteiger partial charge in [0.05, 0.1) is 17.4 Å². The van der Waals surface area contributed by atoms with Gasteiger partial charge in [-0.25, -0.2) is 0 Å². The molecule has 1 atom stereocenters. The van der Waals surface area contributed by atoms with Crippen LogP contribution in [0.3, 0.4) is 0 Å². The third-order valence-electron chi connectivity index (χ3n) is 4.21. The Bertz CT molecular complexity index is 781. The van der Waals surface area contributed by atoms with Gasteiger partial charge in [0.1, 0.15) is 0 Å². The van der Waals surface area contributed by atoms with Crippen LogP contribution in [-0.4, -0.2) is 35.5 Å². The normalized spacial score (nSPS) is 17.3. The molecule has 0 bridgehead atoms. The number of hydrogen-bond donors (Lipinski definition) is 1. The second kappa shape index (κ2) is 7.85. The Morgan fingerprint density at radius 2 is 2.25 bits per heavy atom. The number of pyridine rings is 1. The molecule has 1 N–H and O–H groups in total. The Morgan fingerprint density at radius 3 is 3.00 bits per heavy atom. The third kappa shape index (κ3) is 3.82. The van der Waals surface area contributed by atoms with Gasteiger partial charge in [-0.1, -0.05) is 18.2 Å². The van der Waals surface area contributed by atoms with Gasteiger partial charge < -0.3 is 14.6 Å². The Morgan fingerprint density at radius 1 is 1.42 bits per heavy atom. The maximum absolute atomic E-state index is 12.3. The van der Waals surface area contributed by atoms with Gasteiger partial charge in [-0.2, -0.15) is 0 Å². The Balaban J connectivity index is 1.68. The molecule has 1 aliphatic heterocycles. The first-order valence-electron chi connectivity index (χ1n) is 8.32. The van der Waals surface area contributed by atoms with Gasteiger partial charge in [0.15, 0.2) is 0 Å². The van der Waals surface area contributed by atoms with Crippen molar-refractivity contribution in [3.05, 3.63) is 40.7 Å². The number of nitrogens with one attached hydrogen (secondary N) is 1. The summed E-state index contributed by atoms with van der Waals surface area (Å²) < 4.78 is 7.25. The highest BCUT2D eigenvalue weighted by atomic mass is 32.2. The predicted molar refractivity (Wildman–Crippen MR) is 96.6 cm³/mol. The zero-order valence-electron chi connectivity index (χ0n) is 13.8. The number of benzene rings is 1. The van der Waals surface area contributed by atoms with Crippen LogP contribution >= 0.6 is 11.8 Å². The molecule has 24 heavy (non-hydrogen) atoms. The molecule has 1 fully saturated rings. The van der Waals surface area contributed by atoms with Crippen LogP contribution in [0.1, 0.15) is 19.8 Å². The quantitative estimate of drug-likeness (QED) is 0.816. The lowest BCUT2D eigenvalue weighted by molar-refractivity contribution is -0.119. The van der Waals surface area contributed by atoms with E-state index in [0.29, 0.717) is 18.8 Å². The number of aromatic nitrogens is 1. The Kier molecular flexibility index (Phi) is 5.58. The summed E-state index contributed by atoms with van der Waals surface area (Å²) in [6.45, 7) is 3.94. The Hall–Kier alpha value is -1.79. The van der Waals surface area contributed by atoms with Crippen molar-refractivity contribution in [2.24, 2.45) is 0 Å². The summed E-state index contributed by atoms with van der Waals surface area (Å²) >= 11 is 1.41. The molecule has 0 radical (unpaired) electrons. The van der Waals surface area contributed by atoms with E-state index in [-0.39, 0.29) is 17.6 Å². The largest absolute Gasteiger partial charge is 0.376 e. The molecule has 5 nitrogen and oxygen atoms in total. The molecule has 0 saturated carbocycles. The van der Waals surface area contributed by atoms with Gasteiger partial charge in [-0.3, -0.25) is 9.59 Å². The van der Waals surface area contributed by atoms with Crippen LogP contribution in [0.5, 0.6) is 0 Å². The summed E-state index contributed by atoms with van der Waals surface area (Å²) in [6.07, 6.45) is 2.22. The smallest absolute Gasteiger partial charge is 0.252 e. The average Bonchev–Trinajstić information content (AvgIpc) is 3.11. The molecule has 2 heterocycles. The van der Waals surface area contributed by atoms with Crippen molar-refractivity contribution in [3.63, 3.8) is 0 Å². The molecule has 0 spiro atoms. The molecule has 2 aromatic rings. The first-order valence-corrected chi connectivity index (χ1v) is 9.31. The van der Waals surface area contributed by atoms with E-state index in [1.807, 2.05) is 31.2 Å². The summed E-state index contributed by atoms with van der Waals surface area (Å²) in [5.74, 6) is 0.269. The van der Waals surface area contributed by atoms with Crippen LogP contribution in [0, 0.1) is 0 Å². The number of amides is 1. The fourth-order valence-corrected chi connectivity index (χ4v) is 3.88. The summed E-state index contributed by atoms with van der Waals surface area (Å²) in [6, 6.07) is 9.45. The molecule has 1 aliphatic rings. The first-order chi connectivity index (χ1) is 11.7. The van der Waals surface area contributed by atoms with E-state index in [1.165, 1.54) is 11.8 Å². The maximum Gasteiger partial charge on any atom is 0.252 e. The Labute approximate surface area is 145 Å². The van der Waals surface area contributed by atoms with Gasteiger partial charge in [0, 0.05) is 36.0 Å². The summed E-state index contributed by atoms with van der Waals surface area (Å²) in [5, 5.41) is 3.92. The van der Waals surface area contributed by atoms with Crippen molar-refractivity contribution < 1.29 is 9.53 Å². The van der Waals surface area contributed by atoms with Crippen LogP contribution in [-0.2, 0) is 16.1 Å². The first kappa shape index (κ1) is 17.0. The number of carbonyl (C=O) groups excluding carboxylic acids is 1. The molecule has 0 unspecified atom stereocenters. The number of thioether (sulfide) groups is 1. The minimum atomic E-state index is -0.0292. The minimum Gasteiger partial charge on any atom is -0.376 e. The molecule has 1 saturated heterocycles. The van der Waals surface area contributed by atoms with Crippen LogP contribution in [0.25, 0.3) is 10.9 Å². The van der Waals surface area contributed by atoms with Crippen molar-refractivity contribution in [1.29, 1.82) is 0 Å². The van der Waals surface area contributed by atoms with Crippen molar-refractivity contribution in [2.45, 2.75) is 37.3 Å². The number of nitrogens with zero attached hydrogens (tertiary/aromatic N) is 1. The van der Waals surface area contributed by atoms with Gasteiger partial charge in [-0.15, -0.1) is 11.8 Å². The number of carbonyl (C=O) groups is 1. The topological polar surface area (TPSA) is 60.3 Å². The van der Waals surface area contributed by atoms with Crippen molar-refractivity contribution in [3.8, 4) is 0 Å². The highest BCUT2D eigenvalue weighted by molar-refractivity contribution is 8.00. The lowest BCUT2D eigenvalue weighted by Crippen LogP contribution is -2.32. The number of rotatable bonds is 6. The average molecular weight is 346 g/mol. The zero-order chi connectivity index (χ0) is 16.9. The SMILES string of the molecule is CCn1c(=O)cc(SCC(=O)NC[C@@H]2CCCO2)c2ccccc21. The van der Waals surface area contributed by atoms with Crippen LogP contribution in [0.15, 0.2) is 40.0 Å². The minimum absolute atomic E-state index is 0.0285. The fourth-order valence-electron chi connectivity index (χ4n) is 2.98. The van der Waals surface area contributed by atoms with Gasteiger partial charge in [0.2, 0.25) is 5.91 Å². The lowest BCUT2D eigenvalue weighted by Gasteiger charge is -2.13. The van der Waals surface area contributed by atoms with E-state index in [4.69, 9.17) is 4.74 Å². The number of ether oxygens (including phenoxy) is 1. The number of aryl methyl sites for hydroxylation is 1. The number of fused-ring (bicyclic) bond motifs is 1. The molecule has 0 aliphatic carbocycles. The van der Waals surface area contributed by atoms with Crippen LogP contribution < -0.4 is 10.9 Å². The monoisotopic (exact) mass is 346 g/mol. The molecule has 1 aromatic heterocycles. The highest BCUT2D eigenvalue weighted by Crippen LogP contribution is 2.26. The van der Waals surface area contributed by atoms with Crippen LogP contribution in [0.2, 0.25) is 0 Å². The van der Waals surface area contributed by atoms with Crippen molar-refractivity contribution >= 4 is 28.6 Å². The fraction of sp³-hybridized carbons (Fsp3) is 0.444. The van der Waals surface area contributed by atoms with Crippen molar-refractivity contribution in [1.82, 2.24) is 9.88 Å². The molecule has 1 aromatic carbocycles. The summed E-state index contributed by atoms with van der Waals surface area (Å²) in [5.41, 5.74) is 0.883. The van der Waals surface area contributed by atoms with E-state index < -0.39 is 0 Å². The molecular formula is C18H22N2O3S. The van der Waals surface area contributed by atoms with E-state index in [1.54, 1.807) is 10.6 Å². The second-order valence-electron chi connectivity index (χ2n) is 5.84. The highest BCUT2D eigenvalue weighted by Gasteiger charge is 2.16. The van der Waals surface area contributed by atoms with E-state index in [9.17, 15) is 9.59 Å². The van der Waals surface area contributed by atoms with E-state index in [2.05, 4.69) is 5.32 Å². The lowest BCUT2D eigenvalue weighted by atomic mass is 10.2. The van der Waals surface area contributed by atoms with Gasteiger partial charge in [-0.05, 0) is 25.8 Å². The summed E-state index contributed by atoms with van der Waals surface area (Å²) in [4.78, 5) is 25.2. The van der Waals surface area contributed by atoms with Crippen molar-refractivity contribution in [2.75, 3.05) is 18.9 Å². The van der Waals surface area contributed by atoms with E-state index >= 15 is 0 Å². The second-order valence-corrected chi connectivity index (χ2v) is 6.85. The molecular weight excluding hydrogens is 324 g/mol. The number of para-hydroxylation sites is 1. The zero-order valence-corrected chi connectivity index (χ0v) is 14.6. The van der Waals surface area contributed by atoms with Crippen LogP contribution in [0.4, 0.5) is 0 Å². The van der Waals surface area contributed by atoms with Gasteiger partial charge >= 0.3 is 0 Å². The molecule has 1 amide bonds. The molecule has 128 valence electrons. The third-order valence-corrected chi connectivity index (χ3v) is 5.26. The molecule has 6 heteroatoms. The number of hydrogen-bond acceptors (Lipinski definition) is 4. The standard InChI is InChI=1S/C18H22N2O3S/c1-2-20-15-8-4-3-7-14(15)16(10-18(20)22)24-12-17(21)19-11-13-6-5-9-23-13/h3-4,7-8,10,13H,2,5-6,9,11-12H2,1H3,(H,19,21)/t13-/m0/s1. The molecule has 3 rings (SSSR count).